The Morgan fingerprint density at radius 3 is 2.58 bits per heavy atom. The second kappa shape index (κ2) is 8.61. The summed E-state index contributed by atoms with van der Waals surface area (Å²) in [6.07, 6.45) is 12.9. The first-order valence-corrected chi connectivity index (χ1v) is 9.20. The number of carbonyl (C=O) groups excluding carboxylic acids is 2. The largest absolute Gasteiger partial charge is 0.353 e. The van der Waals surface area contributed by atoms with Crippen molar-refractivity contribution in [3.8, 4) is 0 Å². The molecule has 1 heterocycles. The fourth-order valence-corrected chi connectivity index (χ4v) is 3.31. The Kier molecular flexibility index (Phi) is 6.00. The first-order valence-electron chi connectivity index (χ1n) is 9.20. The normalized spacial score (nSPS) is 15.3. The van der Waals surface area contributed by atoms with Crippen molar-refractivity contribution in [1.29, 1.82) is 0 Å². The first-order chi connectivity index (χ1) is 12.6. The van der Waals surface area contributed by atoms with Crippen LogP contribution in [0.1, 0.15) is 53.8 Å². The van der Waals surface area contributed by atoms with E-state index in [0.717, 1.165) is 24.0 Å². The number of imidazole rings is 1. The maximum atomic E-state index is 12.2. The van der Waals surface area contributed by atoms with Crippen molar-refractivity contribution < 1.29 is 9.59 Å². The molecule has 0 spiro atoms. The summed E-state index contributed by atoms with van der Waals surface area (Å²) in [5, 5.41) is 3.14. The molecule has 1 aromatic heterocycles. The summed E-state index contributed by atoms with van der Waals surface area (Å²) in [4.78, 5) is 28.3. The Bertz CT molecular complexity index is 784. The molecule has 5 nitrogen and oxygen atoms in total. The summed E-state index contributed by atoms with van der Waals surface area (Å²) in [6.45, 7) is 0. The van der Waals surface area contributed by atoms with Crippen molar-refractivity contribution >= 4 is 17.8 Å². The van der Waals surface area contributed by atoms with E-state index in [1.165, 1.54) is 25.3 Å². The monoisotopic (exact) mass is 351 g/mol. The van der Waals surface area contributed by atoms with Crippen molar-refractivity contribution in [2.45, 2.75) is 44.6 Å². The van der Waals surface area contributed by atoms with Gasteiger partial charge in [-0.3, -0.25) is 9.59 Å². The standard InChI is InChI=1S/C21H25N3O2/c1-24-14-13-22-21(24)19(25)12-11-16-7-9-17(10-8-16)15-20(26)23-18-5-3-2-4-6-18/h7-14,18H,2-6,15H2,1H3,(H,23,26)/b12-11+. The molecular weight excluding hydrogens is 326 g/mol. The third-order valence-electron chi connectivity index (χ3n) is 4.78. The number of aryl methyl sites for hydroxylation is 1. The van der Waals surface area contributed by atoms with Crippen molar-refractivity contribution in [1.82, 2.24) is 14.9 Å². The lowest BCUT2D eigenvalue weighted by atomic mass is 9.95. The molecule has 0 saturated heterocycles. The van der Waals surface area contributed by atoms with Crippen LogP contribution in [-0.2, 0) is 18.3 Å². The molecule has 0 aliphatic heterocycles. The molecule has 5 heteroatoms. The van der Waals surface area contributed by atoms with Gasteiger partial charge in [0, 0.05) is 25.5 Å². The molecule has 1 aliphatic carbocycles. The van der Waals surface area contributed by atoms with Crippen molar-refractivity contribution in [3.05, 3.63) is 59.7 Å². The topological polar surface area (TPSA) is 64.0 Å². The molecule has 136 valence electrons. The molecule has 3 rings (SSSR count). The predicted molar refractivity (Wildman–Crippen MR) is 102 cm³/mol. The van der Waals surface area contributed by atoms with E-state index in [2.05, 4.69) is 10.3 Å². The average Bonchev–Trinajstić information content (AvgIpc) is 3.08. The van der Waals surface area contributed by atoms with Gasteiger partial charge in [-0.15, -0.1) is 0 Å². The highest BCUT2D eigenvalue weighted by Crippen LogP contribution is 2.17. The zero-order chi connectivity index (χ0) is 18.4. The van der Waals surface area contributed by atoms with E-state index >= 15 is 0 Å². The van der Waals surface area contributed by atoms with E-state index in [9.17, 15) is 9.59 Å². The molecule has 1 aliphatic rings. The molecule has 2 aromatic rings. The minimum Gasteiger partial charge on any atom is -0.353 e. The molecule has 0 unspecified atom stereocenters. The first kappa shape index (κ1) is 18.1. The molecule has 1 N–H and O–H groups in total. The van der Waals surface area contributed by atoms with Crippen LogP contribution in [0, 0.1) is 0 Å². The molecule has 0 radical (unpaired) electrons. The van der Waals surface area contributed by atoms with Crippen LogP contribution >= 0.6 is 0 Å². The molecule has 26 heavy (non-hydrogen) atoms. The predicted octanol–water partition coefficient (Wildman–Crippen LogP) is 3.31. The number of aromatic nitrogens is 2. The van der Waals surface area contributed by atoms with E-state index in [4.69, 9.17) is 0 Å². The van der Waals surface area contributed by atoms with Gasteiger partial charge in [0.25, 0.3) is 0 Å². The summed E-state index contributed by atoms with van der Waals surface area (Å²) < 4.78 is 1.70. The van der Waals surface area contributed by atoms with Gasteiger partial charge in [-0.1, -0.05) is 49.6 Å². The lowest BCUT2D eigenvalue weighted by Crippen LogP contribution is -2.37. The van der Waals surface area contributed by atoms with Gasteiger partial charge in [0.1, 0.15) is 0 Å². The van der Waals surface area contributed by atoms with Crippen LogP contribution in [0.5, 0.6) is 0 Å². The molecular formula is C21H25N3O2. The molecule has 1 amide bonds. The number of hydrogen-bond donors (Lipinski definition) is 1. The van der Waals surface area contributed by atoms with Crippen LogP contribution < -0.4 is 5.32 Å². The molecule has 1 aromatic carbocycles. The van der Waals surface area contributed by atoms with Gasteiger partial charge in [-0.25, -0.2) is 4.98 Å². The quantitative estimate of drug-likeness (QED) is 0.641. The number of allylic oxidation sites excluding steroid dienone is 1. The smallest absolute Gasteiger partial charge is 0.224 e. The minimum atomic E-state index is -0.131. The number of amides is 1. The van der Waals surface area contributed by atoms with Crippen LogP contribution in [0.3, 0.4) is 0 Å². The SMILES string of the molecule is Cn1ccnc1C(=O)/C=C/c1ccc(CC(=O)NC2CCCCC2)cc1. The summed E-state index contributed by atoms with van der Waals surface area (Å²) in [5.74, 6) is 0.371. The number of carbonyl (C=O) groups is 2. The summed E-state index contributed by atoms with van der Waals surface area (Å²) in [5.41, 5.74) is 1.90. The Labute approximate surface area is 154 Å². The number of benzene rings is 1. The Morgan fingerprint density at radius 1 is 1.19 bits per heavy atom. The summed E-state index contributed by atoms with van der Waals surface area (Å²) in [6, 6.07) is 8.06. The van der Waals surface area contributed by atoms with Crippen LogP contribution in [0.2, 0.25) is 0 Å². The number of nitrogens with one attached hydrogen (secondary N) is 1. The van der Waals surface area contributed by atoms with Gasteiger partial charge in [-0.2, -0.15) is 0 Å². The van der Waals surface area contributed by atoms with Gasteiger partial charge < -0.3 is 9.88 Å². The second-order valence-electron chi connectivity index (χ2n) is 6.88. The van der Waals surface area contributed by atoms with Crippen LogP contribution in [0.25, 0.3) is 6.08 Å². The third-order valence-corrected chi connectivity index (χ3v) is 4.78. The maximum absolute atomic E-state index is 12.2. The van der Waals surface area contributed by atoms with Gasteiger partial charge in [0.05, 0.1) is 6.42 Å². The van der Waals surface area contributed by atoms with E-state index in [-0.39, 0.29) is 11.7 Å². The highest BCUT2D eigenvalue weighted by atomic mass is 16.1. The fourth-order valence-electron chi connectivity index (χ4n) is 3.31. The highest BCUT2D eigenvalue weighted by Gasteiger charge is 2.15. The van der Waals surface area contributed by atoms with Gasteiger partial charge in [0.15, 0.2) is 5.82 Å². The van der Waals surface area contributed by atoms with Gasteiger partial charge in [-0.05, 0) is 30.0 Å². The number of nitrogens with zero attached hydrogens (tertiary/aromatic N) is 2. The molecule has 1 saturated carbocycles. The summed E-state index contributed by atoms with van der Waals surface area (Å²) >= 11 is 0. The van der Waals surface area contributed by atoms with E-state index in [0.29, 0.717) is 18.3 Å². The number of ketones is 1. The average molecular weight is 351 g/mol. The van der Waals surface area contributed by atoms with Crippen LogP contribution in [0.4, 0.5) is 0 Å². The zero-order valence-corrected chi connectivity index (χ0v) is 15.1. The Balaban J connectivity index is 1.53. The van der Waals surface area contributed by atoms with E-state index in [1.807, 2.05) is 24.3 Å². The van der Waals surface area contributed by atoms with Crippen molar-refractivity contribution in [3.63, 3.8) is 0 Å². The van der Waals surface area contributed by atoms with E-state index in [1.54, 1.807) is 30.1 Å². The third kappa shape index (κ3) is 4.91. The maximum Gasteiger partial charge on any atom is 0.224 e. The molecule has 1 fully saturated rings. The zero-order valence-electron chi connectivity index (χ0n) is 15.1. The number of rotatable bonds is 6. The molecule has 0 atom stereocenters. The Hall–Kier alpha value is -2.69. The molecule has 0 bridgehead atoms. The summed E-state index contributed by atoms with van der Waals surface area (Å²) in [7, 11) is 1.79. The van der Waals surface area contributed by atoms with Gasteiger partial charge in [0.2, 0.25) is 11.7 Å². The lowest BCUT2D eigenvalue weighted by molar-refractivity contribution is -0.121. The minimum absolute atomic E-state index is 0.0881. The van der Waals surface area contributed by atoms with E-state index < -0.39 is 0 Å². The Morgan fingerprint density at radius 2 is 1.92 bits per heavy atom. The van der Waals surface area contributed by atoms with Crippen molar-refractivity contribution in [2.24, 2.45) is 7.05 Å². The van der Waals surface area contributed by atoms with Crippen molar-refractivity contribution in [2.75, 3.05) is 0 Å². The second-order valence-corrected chi connectivity index (χ2v) is 6.88. The van der Waals surface area contributed by atoms with Gasteiger partial charge >= 0.3 is 0 Å². The number of hydrogen-bond acceptors (Lipinski definition) is 3. The van der Waals surface area contributed by atoms with Crippen LogP contribution in [-0.4, -0.2) is 27.3 Å². The highest BCUT2D eigenvalue weighted by molar-refractivity contribution is 6.04. The van der Waals surface area contributed by atoms with Crippen LogP contribution in [0.15, 0.2) is 42.7 Å². The fraction of sp³-hybridized carbons (Fsp3) is 0.381. The lowest BCUT2D eigenvalue weighted by Gasteiger charge is -2.22.